The second kappa shape index (κ2) is 5.78. The second-order valence-electron chi connectivity index (χ2n) is 3.58. The van der Waals surface area contributed by atoms with Crippen LogP contribution in [0.4, 0.5) is 0 Å². The summed E-state index contributed by atoms with van der Waals surface area (Å²) in [5, 5.41) is 8.88. The van der Waals surface area contributed by atoms with Crippen LogP contribution < -0.4 is 11.2 Å². The van der Waals surface area contributed by atoms with Gasteiger partial charge in [0.1, 0.15) is 0 Å². The van der Waals surface area contributed by atoms with Gasteiger partial charge >= 0.3 is 5.69 Å². The molecule has 0 unspecified atom stereocenters. The molecule has 0 amide bonds. The molecule has 0 aromatic carbocycles. The molecule has 0 aliphatic carbocycles. The van der Waals surface area contributed by atoms with Gasteiger partial charge in [0.05, 0.1) is 18.8 Å². The van der Waals surface area contributed by atoms with E-state index in [4.69, 9.17) is 14.6 Å². The maximum atomic E-state index is 11.7. The van der Waals surface area contributed by atoms with Crippen LogP contribution in [0.15, 0.2) is 19.9 Å². The molecule has 2 heterocycles. The molecule has 18 heavy (non-hydrogen) atoms. The average molecular weight is 366 g/mol. The summed E-state index contributed by atoms with van der Waals surface area (Å²) < 4.78 is 13.3. The van der Waals surface area contributed by atoms with E-state index < -0.39 is 23.8 Å². The Morgan fingerprint density at radius 2 is 2.39 bits per heavy atom. The van der Waals surface area contributed by atoms with E-state index in [2.05, 4.69) is 4.98 Å². The van der Waals surface area contributed by atoms with Gasteiger partial charge in [-0.2, -0.15) is 0 Å². The zero-order valence-electron chi connectivity index (χ0n) is 9.21. The molecule has 0 bridgehead atoms. The quantitative estimate of drug-likeness (QED) is 0.724. The third kappa shape index (κ3) is 2.71. The smallest absolute Gasteiger partial charge is 0.330 e. The van der Waals surface area contributed by atoms with E-state index >= 15 is 0 Å². The highest BCUT2D eigenvalue weighted by molar-refractivity contribution is 14.1. The Morgan fingerprint density at radius 1 is 1.61 bits per heavy atom. The number of aliphatic hydroxyl groups is 1. The third-order valence-corrected chi connectivity index (χ3v) is 2.79. The maximum Gasteiger partial charge on any atom is 0.330 e. The van der Waals surface area contributed by atoms with E-state index in [0.717, 1.165) is 0 Å². The molecular weight excluding hydrogens is 355 g/mol. The number of H-pyrrole nitrogens is 1. The largest absolute Gasteiger partial charge is 0.391 e. The zero-order valence-corrected chi connectivity index (χ0v) is 11.4. The van der Waals surface area contributed by atoms with Crippen molar-refractivity contribution >= 4 is 28.7 Å². The van der Waals surface area contributed by atoms with Gasteiger partial charge in [-0.25, -0.2) is 4.79 Å². The summed E-state index contributed by atoms with van der Waals surface area (Å²) in [5.74, 6) is 0. The fourth-order valence-corrected chi connectivity index (χ4v) is 1.97. The summed E-state index contributed by atoms with van der Waals surface area (Å²) in [6.07, 6.45) is 1.60. The minimum absolute atomic E-state index is 0.143. The van der Waals surface area contributed by atoms with Crippen LogP contribution in [-0.2, 0) is 9.47 Å². The van der Waals surface area contributed by atoms with Crippen LogP contribution in [-0.4, -0.2) is 34.2 Å². The average Bonchev–Trinajstić information content (AvgIpc) is 2.81. The van der Waals surface area contributed by atoms with E-state index in [9.17, 15) is 9.59 Å². The highest BCUT2D eigenvalue weighted by atomic mass is 127. The first kappa shape index (κ1) is 13.5. The van der Waals surface area contributed by atoms with Crippen molar-refractivity contribution in [3.63, 3.8) is 0 Å². The Morgan fingerprint density at radius 3 is 3.00 bits per heavy atom. The fourth-order valence-electron chi connectivity index (χ4n) is 1.59. The fraction of sp³-hybridized carbons (Fsp3) is 0.400. The molecule has 1 fully saturated rings. The minimum Gasteiger partial charge on any atom is -0.391 e. The van der Waals surface area contributed by atoms with Crippen molar-refractivity contribution in [3.8, 4) is 0 Å². The van der Waals surface area contributed by atoms with E-state index in [-0.39, 0.29) is 13.2 Å². The van der Waals surface area contributed by atoms with Gasteiger partial charge in [-0.1, -0.05) is 22.6 Å². The summed E-state index contributed by atoms with van der Waals surface area (Å²) in [4.78, 5) is 25.3. The number of aliphatic hydroxyl groups excluding tert-OH is 1. The standard InChI is InChI=1S/C10H11IN2O5/c11-2-1-6-3-13(10(16)12-9(6)15)7-5-17-8(4-14)18-7/h1-3,7-8,14H,4-5H2,(H,12,15,16)/t7-,8+/m1/s1. The van der Waals surface area contributed by atoms with Gasteiger partial charge in [0.15, 0.2) is 12.5 Å². The van der Waals surface area contributed by atoms with Gasteiger partial charge in [-0.15, -0.1) is 0 Å². The molecule has 1 aliphatic heterocycles. The SMILES string of the molecule is O=c1[nH]c(=O)n([C@H]2CO[C@H](CO)O2)cc1C=CI. The van der Waals surface area contributed by atoms with Gasteiger partial charge in [-0.05, 0) is 10.2 Å². The lowest BCUT2D eigenvalue weighted by Crippen LogP contribution is -2.34. The highest BCUT2D eigenvalue weighted by Gasteiger charge is 2.27. The molecule has 1 aliphatic rings. The van der Waals surface area contributed by atoms with Crippen LogP contribution >= 0.6 is 22.6 Å². The zero-order chi connectivity index (χ0) is 13.1. The highest BCUT2D eigenvalue weighted by Crippen LogP contribution is 2.18. The number of nitrogens with one attached hydrogen (secondary N) is 1. The molecule has 0 radical (unpaired) electrons. The van der Waals surface area contributed by atoms with E-state index in [0.29, 0.717) is 5.56 Å². The number of aromatic nitrogens is 2. The number of aromatic amines is 1. The molecule has 2 rings (SSSR count). The van der Waals surface area contributed by atoms with Gasteiger partial charge < -0.3 is 14.6 Å². The first-order valence-electron chi connectivity index (χ1n) is 5.16. The van der Waals surface area contributed by atoms with Crippen LogP contribution in [0.3, 0.4) is 0 Å². The molecule has 1 aromatic rings. The van der Waals surface area contributed by atoms with Gasteiger partial charge in [0, 0.05) is 6.20 Å². The Labute approximate surface area is 115 Å². The second-order valence-corrected chi connectivity index (χ2v) is 4.30. The lowest BCUT2D eigenvalue weighted by Gasteiger charge is -2.12. The van der Waals surface area contributed by atoms with Gasteiger partial charge in [-0.3, -0.25) is 14.3 Å². The van der Waals surface area contributed by atoms with Crippen molar-refractivity contribution in [2.45, 2.75) is 12.5 Å². The predicted molar refractivity (Wildman–Crippen MR) is 71.3 cm³/mol. The molecule has 2 atom stereocenters. The van der Waals surface area contributed by atoms with Gasteiger partial charge in [0.2, 0.25) is 0 Å². The molecule has 98 valence electrons. The van der Waals surface area contributed by atoms with Crippen LogP contribution in [0.2, 0.25) is 0 Å². The molecular formula is C10H11IN2O5. The third-order valence-electron chi connectivity index (χ3n) is 2.43. The summed E-state index contributed by atoms with van der Waals surface area (Å²) in [5.41, 5.74) is -0.681. The van der Waals surface area contributed by atoms with Crippen LogP contribution in [0.25, 0.3) is 6.08 Å². The molecule has 2 N–H and O–H groups in total. The predicted octanol–water partition coefficient (Wildman–Crippen LogP) is -0.194. The molecule has 8 heteroatoms. The number of nitrogens with zero attached hydrogens (tertiary/aromatic N) is 1. The Kier molecular flexibility index (Phi) is 4.32. The molecule has 1 aromatic heterocycles. The number of hydrogen-bond acceptors (Lipinski definition) is 5. The molecule has 0 spiro atoms. The maximum absolute atomic E-state index is 11.7. The molecule has 7 nitrogen and oxygen atoms in total. The van der Waals surface area contributed by atoms with Crippen molar-refractivity contribution in [2.75, 3.05) is 13.2 Å². The molecule has 0 saturated carbocycles. The normalized spacial score (nSPS) is 23.9. The van der Waals surface area contributed by atoms with Gasteiger partial charge in [0.25, 0.3) is 5.56 Å². The summed E-state index contributed by atoms with van der Waals surface area (Å²) in [6.45, 7) is -0.139. The van der Waals surface area contributed by atoms with E-state index in [1.807, 2.05) is 22.6 Å². The first-order chi connectivity index (χ1) is 8.65. The number of hydrogen-bond donors (Lipinski definition) is 2. The number of rotatable bonds is 3. The van der Waals surface area contributed by atoms with Crippen molar-refractivity contribution < 1.29 is 14.6 Å². The minimum atomic E-state index is -0.739. The van der Waals surface area contributed by atoms with Crippen molar-refractivity contribution in [1.29, 1.82) is 0 Å². The Bertz CT molecular complexity index is 564. The Balaban J connectivity index is 2.36. The van der Waals surface area contributed by atoms with E-state index in [1.54, 1.807) is 10.2 Å². The topological polar surface area (TPSA) is 93.6 Å². The van der Waals surface area contributed by atoms with Crippen molar-refractivity contribution in [3.05, 3.63) is 36.7 Å². The van der Waals surface area contributed by atoms with Crippen molar-refractivity contribution in [2.24, 2.45) is 0 Å². The monoisotopic (exact) mass is 366 g/mol. The lowest BCUT2D eigenvalue weighted by atomic mass is 10.3. The first-order valence-corrected chi connectivity index (χ1v) is 6.40. The summed E-state index contributed by atoms with van der Waals surface area (Å²) in [7, 11) is 0. The van der Waals surface area contributed by atoms with E-state index in [1.165, 1.54) is 10.8 Å². The Hall–Kier alpha value is -0.970. The molecule has 1 saturated heterocycles. The number of halogens is 1. The summed E-state index contributed by atoms with van der Waals surface area (Å²) in [6, 6.07) is 0. The van der Waals surface area contributed by atoms with Crippen molar-refractivity contribution in [1.82, 2.24) is 9.55 Å². The number of ether oxygens (including phenoxy) is 2. The van der Waals surface area contributed by atoms with Crippen LogP contribution in [0.1, 0.15) is 11.8 Å². The van der Waals surface area contributed by atoms with Crippen LogP contribution in [0.5, 0.6) is 0 Å². The lowest BCUT2D eigenvalue weighted by molar-refractivity contribution is -0.0993. The summed E-state index contributed by atoms with van der Waals surface area (Å²) >= 11 is 1.98. The van der Waals surface area contributed by atoms with Crippen LogP contribution in [0, 0.1) is 0 Å².